The van der Waals surface area contributed by atoms with E-state index in [1.165, 1.54) is 11.1 Å². The van der Waals surface area contributed by atoms with E-state index >= 15 is 0 Å². The summed E-state index contributed by atoms with van der Waals surface area (Å²) in [5.41, 5.74) is 4.02. The van der Waals surface area contributed by atoms with Crippen LogP contribution < -0.4 is 14.8 Å². The van der Waals surface area contributed by atoms with Gasteiger partial charge in [0, 0.05) is 19.0 Å². The second kappa shape index (κ2) is 7.86. The van der Waals surface area contributed by atoms with E-state index in [1.54, 1.807) is 14.2 Å². The van der Waals surface area contributed by atoms with Crippen LogP contribution in [0.1, 0.15) is 38.7 Å². The van der Waals surface area contributed by atoms with Crippen molar-refractivity contribution in [3.05, 3.63) is 47.1 Å². The van der Waals surface area contributed by atoms with Crippen LogP contribution in [0.25, 0.3) is 0 Å². The maximum Gasteiger partial charge on any atom is 0.311 e. The largest absolute Gasteiger partial charge is 0.493 e. The van der Waals surface area contributed by atoms with Crippen LogP contribution in [0.4, 0.5) is 0 Å². The van der Waals surface area contributed by atoms with E-state index in [1.807, 2.05) is 18.2 Å². The monoisotopic (exact) mass is 397 g/mol. The molecule has 4 unspecified atom stereocenters. The summed E-state index contributed by atoms with van der Waals surface area (Å²) in [6.45, 7) is 5.79. The molecular weight excluding hydrogens is 366 g/mol. The number of methoxy groups -OCH3 is 2. The smallest absolute Gasteiger partial charge is 0.311 e. The molecule has 3 aliphatic rings. The van der Waals surface area contributed by atoms with Gasteiger partial charge in [-0.25, -0.2) is 0 Å². The molecule has 29 heavy (non-hydrogen) atoms. The maximum absolute atomic E-state index is 12.6. The van der Waals surface area contributed by atoms with E-state index < -0.39 is 0 Å². The summed E-state index contributed by atoms with van der Waals surface area (Å²) in [6, 6.07) is 5.88. The molecule has 1 N–H and O–H groups in total. The van der Waals surface area contributed by atoms with Crippen molar-refractivity contribution in [2.24, 2.45) is 17.3 Å². The molecular formula is C24H31NO4. The molecule has 1 aliphatic heterocycles. The third-order valence-electron chi connectivity index (χ3n) is 6.84. The number of carbonyl (C=O) groups excluding carboxylic acids is 1. The van der Waals surface area contributed by atoms with Crippen LogP contribution in [0.3, 0.4) is 0 Å². The number of carbonyl (C=O) groups is 1. The first-order chi connectivity index (χ1) is 13.9. The third-order valence-corrected chi connectivity index (χ3v) is 6.84. The van der Waals surface area contributed by atoms with Crippen molar-refractivity contribution in [1.29, 1.82) is 0 Å². The molecule has 1 aromatic rings. The Morgan fingerprint density at radius 1 is 1.24 bits per heavy atom. The number of benzene rings is 1. The van der Waals surface area contributed by atoms with Crippen LogP contribution in [0.5, 0.6) is 11.5 Å². The highest BCUT2D eigenvalue weighted by molar-refractivity contribution is 5.76. The van der Waals surface area contributed by atoms with E-state index in [2.05, 4.69) is 31.3 Å². The molecule has 0 spiro atoms. The van der Waals surface area contributed by atoms with Gasteiger partial charge in [0.2, 0.25) is 0 Å². The fraction of sp³-hybridized carbons (Fsp3) is 0.542. The van der Waals surface area contributed by atoms with Crippen molar-refractivity contribution in [1.82, 2.24) is 5.32 Å². The lowest BCUT2D eigenvalue weighted by Gasteiger charge is -2.42. The molecule has 1 saturated heterocycles. The summed E-state index contributed by atoms with van der Waals surface area (Å²) in [4.78, 5) is 12.6. The van der Waals surface area contributed by atoms with Gasteiger partial charge in [-0.2, -0.15) is 0 Å². The van der Waals surface area contributed by atoms with E-state index in [9.17, 15) is 4.79 Å². The molecule has 0 amide bonds. The zero-order valence-electron chi connectivity index (χ0n) is 17.8. The first-order valence-corrected chi connectivity index (χ1v) is 10.5. The predicted molar refractivity (Wildman–Crippen MR) is 112 cm³/mol. The van der Waals surface area contributed by atoms with Gasteiger partial charge >= 0.3 is 5.97 Å². The number of rotatable bonds is 6. The summed E-state index contributed by atoms with van der Waals surface area (Å²) in [5, 5.41) is 3.45. The van der Waals surface area contributed by atoms with Gasteiger partial charge in [-0.1, -0.05) is 30.7 Å². The number of hydrogen-bond acceptors (Lipinski definition) is 5. The average Bonchev–Trinajstić information content (AvgIpc) is 3.00. The lowest BCUT2D eigenvalue weighted by molar-refractivity contribution is -0.145. The summed E-state index contributed by atoms with van der Waals surface area (Å²) >= 11 is 0. The normalized spacial score (nSPS) is 30.6. The topological polar surface area (TPSA) is 56.8 Å². The van der Waals surface area contributed by atoms with Crippen LogP contribution in [0.15, 0.2) is 41.5 Å². The van der Waals surface area contributed by atoms with Gasteiger partial charge < -0.3 is 19.5 Å². The highest BCUT2D eigenvalue weighted by Gasteiger charge is 2.50. The van der Waals surface area contributed by atoms with E-state index in [-0.39, 0.29) is 29.3 Å². The predicted octanol–water partition coefficient (Wildman–Crippen LogP) is 4.03. The zero-order valence-corrected chi connectivity index (χ0v) is 17.8. The van der Waals surface area contributed by atoms with Crippen molar-refractivity contribution in [2.75, 3.05) is 20.8 Å². The Kier molecular flexibility index (Phi) is 5.43. The van der Waals surface area contributed by atoms with Crippen LogP contribution in [-0.4, -0.2) is 32.8 Å². The molecule has 0 saturated carbocycles. The van der Waals surface area contributed by atoms with Gasteiger partial charge in [0.1, 0.15) is 6.10 Å². The molecule has 0 aromatic heterocycles. The number of allylic oxidation sites excluding steroid dienone is 3. The average molecular weight is 398 g/mol. The van der Waals surface area contributed by atoms with Crippen molar-refractivity contribution < 1.29 is 19.0 Å². The standard InChI is InChI=1S/C24H31NO4/c1-15-6-5-9-24(2)12-22-17(11-19(15)24)18(23(26)29-22)14-25-13-16-7-8-20(27-3)21(10-16)28-4/h6-8,10-11,17-18,22,25H,5,9,12-14H2,1-4H3. The van der Waals surface area contributed by atoms with Gasteiger partial charge in [-0.3, -0.25) is 4.79 Å². The molecule has 5 nitrogen and oxygen atoms in total. The summed E-state index contributed by atoms with van der Waals surface area (Å²) in [6.07, 6.45) is 7.87. The van der Waals surface area contributed by atoms with Gasteiger partial charge in [0.25, 0.3) is 0 Å². The first kappa shape index (κ1) is 20.0. The van der Waals surface area contributed by atoms with Crippen molar-refractivity contribution >= 4 is 5.97 Å². The fourth-order valence-electron chi connectivity index (χ4n) is 5.22. The minimum absolute atomic E-state index is 0.00929. The highest BCUT2D eigenvalue weighted by atomic mass is 16.6. The lowest BCUT2D eigenvalue weighted by atomic mass is 9.62. The Bertz CT molecular complexity index is 858. The van der Waals surface area contributed by atoms with Gasteiger partial charge in [0.15, 0.2) is 11.5 Å². The molecule has 1 fully saturated rings. The van der Waals surface area contributed by atoms with Crippen LogP contribution in [0.2, 0.25) is 0 Å². The van der Waals surface area contributed by atoms with Crippen LogP contribution in [-0.2, 0) is 16.1 Å². The third kappa shape index (κ3) is 3.68. The number of fused-ring (bicyclic) bond motifs is 2. The molecule has 156 valence electrons. The molecule has 4 atom stereocenters. The number of hydrogen-bond donors (Lipinski definition) is 1. The quantitative estimate of drug-likeness (QED) is 0.735. The van der Waals surface area contributed by atoms with Crippen molar-refractivity contribution in [3.63, 3.8) is 0 Å². The van der Waals surface area contributed by atoms with E-state index in [4.69, 9.17) is 14.2 Å². The Morgan fingerprint density at radius 3 is 2.79 bits per heavy atom. The zero-order chi connectivity index (χ0) is 20.6. The van der Waals surface area contributed by atoms with Gasteiger partial charge in [-0.15, -0.1) is 0 Å². The molecule has 1 heterocycles. The molecule has 4 rings (SSSR count). The first-order valence-electron chi connectivity index (χ1n) is 10.5. The summed E-state index contributed by atoms with van der Waals surface area (Å²) in [7, 11) is 3.26. The minimum Gasteiger partial charge on any atom is -0.493 e. The van der Waals surface area contributed by atoms with Crippen LogP contribution in [0, 0.1) is 17.3 Å². The molecule has 0 bridgehead atoms. The second-order valence-corrected chi connectivity index (χ2v) is 8.75. The highest BCUT2D eigenvalue weighted by Crippen LogP contribution is 2.52. The Hall–Kier alpha value is -2.27. The van der Waals surface area contributed by atoms with Crippen LogP contribution >= 0.6 is 0 Å². The SMILES string of the molecule is COc1ccc(CNCC2C(=O)OC3CC4(C)CCC=C(C)C4=CC32)cc1OC. The number of esters is 1. The summed E-state index contributed by atoms with van der Waals surface area (Å²) < 4.78 is 16.5. The minimum atomic E-state index is -0.132. The van der Waals surface area contributed by atoms with Gasteiger partial charge in [-0.05, 0) is 54.9 Å². The summed E-state index contributed by atoms with van der Waals surface area (Å²) in [5.74, 6) is 1.38. The van der Waals surface area contributed by atoms with Crippen molar-refractivity contribution in [2.45, 2.75) is 45.8 Å². The van der Waals surface area contributed by atoms with E-state index in [0.717, 1.165) is 24.8 Å². The molecule has 5 heteroatoms. The Balaban J connectivity index is 1.45. The number of nitrogens with one attached hydrogen (secondary N) is 1. The number of ether oxygens (including phenoxy) is 3. The second-order valence-electron chi connectivity index (χ2n) is 8.75. The fourth-order valence-corrected chi connectivity index (χ4v) is 5.22. The maximum atomic E-state index is 12.6. The molecule has 2 aliphatic carbocycles. The Labute approximate surface area is 173 Å². The Morgan fingerprint density at radius 2 is 2.03 bits per heavy atom. The lowest BCUT2D eigenvalue weighted by Crippen LogP contribution is -2.38. The van der Waals surface area contributed by atoms with Gasteiger partial charge in [0.05, 0.1) is 20.1 Å². The van der Waals surface area contributed by atoms with Crippen molar-refractivity contribution in [3.8, 4) is 11.5 Å². The molecule has 0 radical (unpaired) electrons. The molecule has 1 aromatic carbocycles. The van der Waals surface area contributed by atoms with E-state index in [0.29, 0.717) is 24.6 Å².